The van der Waals surface area contributed by atoms with Gasteiger partial charge in [0.15, 0.2) is 5.82 Å². The number of ether oxygens (including phenoxy) is 1. The topological polar surface area (TPSA) is 79.5 Å². The lowest BCUT2D eigenvalue weighted by molar-refractivity contribution is 0.264. The van der Waals surface area contributed by atoms with E-state index in [1.54, 1.807) is 6.07 Å². The summed E-state index contributed by atoms with van der Waals surface area (Å²) in [6.45, 7) is 2.70. The summed E-state index contributed by atoms with van der Waals surface area (Å²) < 4.78 is 36.7. The highest BCUT2D eigenvalue weighted by atomic mass is 35.5. The number of nitrogens with two attached hydrogens (primary N) is 1. The summed E-state index contributed by atoms with van der Waals surface area (Å²) >= 11 is 6.55. The normalized spacial score (nSPS) is 19.7. The van der Waals surface area contributed by atoms with Crippen LogP contribution in [-0.4, -0.2) is 67.3 Å². The van der Waals surface area contributed by atoms with Crippen molar-refractivity contribution in [2.75, 3.05) is 51.0 Å². The van der Waals surface area contributed by atoms with Gasteiger partial charge < -0.3 is 25.6 Å². The standard InChI is InChI=1S/C25H29ClF2N6O/c1-33(2)9-4-10-35-25-31-23-16(24(32-25)34-12-14-7-8-15(13-34)30-14)11-17(26)20(22(23)28)21-18(27)5-3-6-19(21)29/h3,5-6,11,14-15,30H,4,7-10,12-13,29H2,1-2H3. The average molecular weight is 503 g/mol. The maximum absolute atomic E-state index is 16.1. The van der Waals surface area contributed by atoms with Gasteiger partial charge in [-0.05, 0) is 51.6 Å². The van der Waals surface area contributed by atoms with Gasteiger partial charge in [0.1, 0.15) is 17.2 Å². The first-order valence-corrected chi connectivity index (χ1v) is 12.2. The van der Waals surface area contributed by atoms with Gasteiger partial charge in [-0.15, -0.1) is 0 Å². The number of nitrogens with one attached hydrogen (secondary N) is 1. The lowest BCUT2D eigenvalue weighted by Crippen LogP contribution is -2.51. The summed E-state index contributed by atoms with van der Waals surface area (Å²) in [7, 11) is 3.97. The Kier molecular flexibility index (Phi) is 6.65. The lowest BCUT2D eigenvalue weighted by atomic mass is 10.00. The molecule has 0 radical (unpaired) electrons. The number of rotatable bonds is 7. The zero-order chi connectivity index (χ0) is 24.7. The highest BCUT2D eigenvalue weighted by Gasteiger charge is 2.34. The molecule has 2 saturated heterocycles. The highest BCUT2D eigenvalue weighted by Crippen LogP contribution is 2.42. The minimum absolute atomic E-state index is 0.0329. The summed E-state index contributed by atoms with van der Waals surface area (Å²) in [6.07, 6.45) is 2.94. The number of hydrogen-bond acceptors (Lipinski definition) is 7. The van der Waals surface area contributed by atoms with Crippen LogP contribution in [0.1, 0.15) is 19.3 Å². The van der Waals surface area contributed by atoms with Crippen LogP contribution in [0, 0.1) is 11.6 Å². The molecule has 3 heterocycles. The first-order chi connectivity index (χ1) is 16.8. The van der Waals surface area contributed by atoms with Gasteiger partial charge in [0.25, 0.3) is 0 Å². The number of nitrogen functional groups attached to an aromatic ring is 1. The van der Waals surface area contributed by atoms with Gasteiger partial charge >= 0.3 is 6.01 Å². The summed E-state index contributed by atoms with van der Waals surface area (Å²) in [5.74, 6) is -0.827. The van der Waals surface area contributed by atoms with E-state index in [0.29, 0.717) is 29.9 Å². The van der Waals surface area contributed by atoms with Crippen LogP contribution in [0.3, 0.4) is 0 Å². The Morgan fingerprint density at radius 2 is 1.91 bits per heavy atom. The first kappa shape index (κ1) is 24.0. The predicted molar refractivity (Wildman–Crippen MR) is 135 cm³/mol. The Labute approximate surface area is 208 Å². The fraction of sp³-hybridized carbons (Fsp3) is 0.440. The van der Waals surface area contributed by atoms with E-state index in [2.05, 4.69) is 25.1 Å². The fourth-order valence-corrected chi connectivity index (χ4v) is 5.30. The van der Waals surface area contributed by atoms with Crippen LogP contribution in [0.2, 0.25) is 5.02 Å². The molecule has 0 amide bonds. The van der Waals surface area contributed by atoms with Crippen molar-refractivity contribution in [3.63, 3.8) is 0 Å². The molecule has 3 N–H and O–H groups in total. The molecule has 5 rings (SSSR count). The smallest absolute Gasteiger partial charge is 0.319 e. The third-order valence-corrected chi connectivity index (χ3v) is 6.93. The van der Waals surface area contributed by atoms with E-state index in [9.17, 15) is 4.39 Å². The largest absolute Gasteiger partial charge is 0.463 e. The van der Waals surface area contributed by atoms with E-state index >= 15 is 4.39 Å². The van der Waals surface area contributed by atoms with Gasteiger partial charge in [0.2, 0.25) is 0 Å². The molecule has 35 heavy (non-hydrogen) atoms. The summed E-state index contributed by atoms with van der Waals surface area (Å²) in [5, 5.41) is 4.11. The van der Waals surface area contributed by atoms with Crippen LogP contribution in [-0.2, 0) is 0 Å². The molecular weight excluding hydrogens is 474 g/mol. The number of halogens is 3. The summed E-state index contributed by atoms with van der Waals surface area (Å²) in [4.78, 5) is 13.3. The van der Waals surface area contributed by atoms with E-state index in [-0.39, 0.29) is 33.4 Å². The highest BCUT2D eigenvalue weighted by molar-refractivity contribution is 6.34. The Morgan fingerprint density at radius 3 is 2.60 bits per heavy atom. The molecule has 0 spiro atoms. The minimum Gasteiger partial charge on any atom is -0.463 e. The van der Waals surface area contributed by atoms with Gasteiger partial charge in [0.05, 0.1) is 11.6 Å². The fourth-order valence-electron chi connectivity index (χ4n) is 5.01. The van der Waals surface area contributed by atoms with Crippen LogP contribution in [0.4, 0.5) is 20.3 Å². The average Bonchev–Trinajstić information content (AvgIpc) is 3.15. The Balaban J connectivity index is 1.63. The molecule has 2 aliphatic rings. The third-order valence-electron chi connectivity index (χ3n) is 6.64. The number of nitrogens with zero attached hydrogens (tertiary/aromatic N) is 4. The van der Waals surface area contributed by atoms with Gasteiger partial charge in [-0.2, -0.15) is 9.97 Å². The monoisotopic (exact) mass is 502 g/mol. The molecule has 0 aliphatic carbocycles. The maximum Gasteiger partial charge on any atom is 0.319 e. The quantitative estimate of drug-likeness (QED) is 0.372. The van der Waals surface area contributed by atoms with E-state index in [4.69, 9.17) is 22.1 Å². The number of piperazine rings is 1. The van der Waals surface area contributed by atoms with Gasteiger partial charge in [-0.1, -0.05) is 17.7 Å². The molecule has 1 aromatic heterocycles. The molecule has 2 aliphatic heterocycles. The van der Waals surface area contributed by atoms with Crippen molar-refractivity contribution in [2.45, 2.75) is 31.3 Å². The Bertz CT molecular complexity index is 1220. The van der Waals surface area contributed by atoms with E-state index in [1.807, 2.05) is 14.1 Å². The van der Waals surface area contributed by atoms with Crippen molar-refractivity contribution < 1.29 is 13.5 Å². The number of fused-ring (bicyclic) bond motifs is 3. The SMILES string of the molecule is CN(C)CCCOc1nc(N2CC3CCC(C2)N3)c2cc(Cl)c(-c3c(N)cccc3F)c(F)c2n1. The minimum atomic E-state index is -0.746. The molecule has 0 saturated carbocycles. The molecule has 10 heteroatoms. The van der Waals surface area contributed by atoms with Crippen molar-refractivity contribution in [3.05, 3.63) is 40.9 Å². The van der Waals surface area contributed by atoms with E-state index in [1.165, 1.54) is 18.2 Å². The van der Waals surface area contributed by atoms with Gasteiger partial charge in [-0.3, -0.25) is 0 Å². The zero-order valence-corrected chi connectivity index (χ0v) is 20.6. The second-order valence-electron chi connectivity index (χ2n) is 9.53. The molecular formula is C25H29ClF2N6O. The number of benzene rings is 2. The van der Waals surface area contributed by atoms with Crippen LogP contribution in [0.15, 0.2) is 24.3 Å². The number of anilines is 2. The first-order valence-electron chi connectivity index (χ1n) is 11.8. The van der Waals surface area contributed by atoms with Crippen LogP contribution < -0.4 is 20.7 Å². The van der Waals surface area contributed by atoms with Crippen LogP contribution in [0.25, 0.3) is 22.0 Å². The number of aromatic nitrogens is 2. The van der Waals surface area contributed by atoms with Crippen LogP contribution in [0.5, 0.6) is 6.01 Å². The third kappa shape index (κ3) is 4.72. The lowest BCUT2D eigenvalue weighted by Gasteiger charge is -2.34. The second-order valence-corrected chi connectivity index (χ2v) is 9.93. The van der Waals surface area contributed by atoms with Gasteiger partial charge in [0, 0.05) is 53.9 Å². The predicted octanol–water partition coefficient (Wildman–Crippen LogP) is 4.08. The molecule has 186 valence electrons. The van der Waals surface area contributed by atoms with Crippen molar-refractivity contribution in [1.29, 1.82) is 0 Å². The van der Waals surface area contributed by atoms with Crippen molar-refractivity contribution in [3.8, 4) is 17.1 Å². The Morgan fingerprint density at radius 1 is 1.17 bits per heavy atom. The van der Waals surface area contributed by atoms with Gasteiger partial charge in [-0.25, -0.2) is 8.78 Å². The maximum atomic E-state index is 16.1. The number of hydrogen-bond donors (Lipinski definition) is 2. The Hall–Kier alpha value is -2.75. The zero-order valence-electron chi connectivity index (χ0n) is 19.8. The summed E-state index contributed by atoms with van der Waals surface area (Å²) in [6, 6.07) is 6.61. The molecule has 2 unspecified atom stereocenters. The van der Waals surface area contributed by atoms with Crippen LogP contribution >= 0.6 is 11.6 Å². The van der Waals surface area contributed by atoms with Crippen molar-refractivity contribution in [2.24, 2.45) is 0 Å². The molecule has 2 fully saturated rings. The molecule has 7 nitrogen and oxygen atoms in total. The molecule has 2 atom stereocenters. The molecule has 2 bridgehead atoms. The van der Waals surface area contributed by atoms with Crippen molar-refractivity contribution >= 4 is 34.0 Å². The van der Waals surface area contributed by atoms with E-state index < -0.39 is 11.6 Å². The second kappa shape index (κ2) is 9.72. The molecule has 2 aromatic carbocycles. The van der Waals surface area contributed by atoms with E-state index in [0.717, 1.165) is 38.9 Å². The molecule has 3 aromatic rings. The summed E-state index contributed by atoms with van der Waals surface area (Å²) in [5.41, 5.74) is 5.95. The van der Waals surface area contributed by atoms with Crippen molar-refractivity contribution in [1.82, 2.24) is 20.2 Å².